The van der Waals surface area contributed by atoms with Gasteiger partial charge in [-0.25, -0.2) is 0 Å². The van der Waals surface area contributed by atoms with Crippen LogP contribution in [0.3, 0.4) is 0 Å². The normalized spacial score (nSPS) is 35.6. The van der Waals surface area contributed by atoms with E-state index in [-0.39, 0.29) is 0 Å². The first kappa shape index (κ1) is 6.42. The van der Waals surface area contributed by atoms with Gasteiger partial charge in [0.1, 0.15) is 0 Å². The van der Waals surface area contributed by atoms with Crippen LogP contribution in [0.5, 0.6) is 0 Å². The molecule has 0 N–H and O–H groups in total. The molecule has 0 bridgehead atoms. The average Bonchev–Trinajstić information content (AvgIpc) is 2.45. The van der Waals surface area contributed by atoms with E-state index in [1.165, 1.54) is 21.8 Å². The molecule has 1 spiro atoms. The number of hydrogen-bond donors (Lipinski definition) is 0. The molecule has 0 aromatic carbocycles. The molecule has 2 rings (SSSR count). The monoisotopic (exact) mass is 246 g/mol. The van der Waals surface area contributed by atoms with Crippen LogP contribution < -0.4 is 0 Å². The van der Waals surface area contributed by atoms with E-state index < -0.39 is 19.0 Å². The summed E-state index contributed by atoms with van der Waals surface area (Å²) in [6.45, 7) is 1.97. The topological polar surface area (TPSA) is 18.5 Å². The first-order valence-corrected chi connectivity index (χ1v) is 8.69. The molecule has 2 nitrogen and oxygen atoms in total. The van der Waals surface area contributed by atoms with E-state index in [9.17, 15) is 0 Å². The Bertz CT molecular complexity index is 86.1. The SMILES string of the molecule is C1CO[Te]2(C1)CCCO2. The molecule has 54 valence electrons. The Labute approximate surface area is 60.4 Å². The summed E-state index contributed by atoms with van der Waals surface area (Å²) < 4.78 is 14.0. The van der Waals surface area contributed by atoms with Crippen LogP contribution in [0.25, 0.3) is 0 Å². The third-order valence-electron chi connectivity index (χ3n) is 1.80. The van der Waals surface area contributed by atoms with Crippen LogP contribution in [0.2, 0.25) is 8.94 Å². The molecule has 2 saturated heterocycles. The summed E-state index contributed by atoms with van der Waals surface area (Å²) in [5.41, 5.74) is 0. The fourth-order valence-corrected chi connectivity index (χ4v) is 9.06. The van der Waals surface area contributed by atoms with E-state index in [2.05, 4.69) is 0 Å². The summed E-state index contributed by atoms with van der Waals surface area (Å²) in [6.07, 6.45) is 2.53. The van der Waals surface area contributed by atoms with Crippen LogP contribution in [-0.4, -0.2) is 32.2 Å². The molecule has 0 amide bonds. The van der Waals surface area contributed by atoms with Gasteiger partial charge in [-0.05, 0) is 0 Å². The standard InChI is InChI=1S/C6H12O2Te/c1-3-7-9(5-1)6-2-4-8-9/h1-6H2. The summed E-state index contributed by atoms with van der Waals surface area (Å²) in [5.74, 6) is 0. The first-order valence-electron chi connectivity index (χ1n) is 3.49. The fraction of sp³-hybridized carbons (Fsp3) is 1.00. The van der Waals surface area contributed by atoms with Crippen LogP contribution in [0.1, 0.15) is 12.8 Å². The predicted octanol–water partition coefficient (Wildman–Crippen LogP) is 1.27. The van der Waals surface area contributed by atoms with Crippen molar-refractivity contribution in [1.82, 2.24) is 0 Å². The maximum atomic E-state index is 5.67. The summed E-state index contributed by atoms with van der Waals surface area (Å²) in [7, 11) is 0. The molecule has 0 aliphatic carbocycles. The Balaban J connectivity index is 2.04. The molecule has 0 aromatic heterocycles. The zero-order chi connectivity index (χ0) is 6.16. The van der Waals surface area contributed by atoms with Crippen molar-refractivity contribution in [3.63, 3.8) is 0 Å². The second-order valence-corrected chi connectivity index (χ2v) is 10.4. The molecule has 2 aliphatic heterocycles. The third-order valence-corrected chi connectivity index (χ3v) is 10.4. The van der Waals surface area contributed by atoms with Crippen molar-refractivity contribution in [3.05, 3.63) is 0 Å². The zero-order valence-corrected chi connectivity index (χ0v) is 7.80. The van der Waals surface area contributed by atoms with Crippen molar-refractivity contribution in [3.8, 4) is 0 Å². The Morgan fingerprint density at radius 1 is 0.889 bits per heavy atom. The molecule has 0 saturated carbocycles. The third kappa shape index (κ3) is 1.12. The molecule has 2 aliphatic rings. The van der Waals surface area contributed by atoms with Crippen molar-refractivity contribution < 1.29 is 6.20 Å². The van der Waals surface area contributed by atoms with E-state index >= 15 is 0 Å². The molecule has 2 heterocycles. The first-order chi connectivity index (χ1) is 4.41. The Hall–Kier alpha value is 0.710. The van der Waals surface area contributed by atoms with Gasteiger partial charge in [0.25, 0.3) is 0 Å². The summed E-state index contributed by atoms with van der Waals surface area (Å²) in [6, 6.07) is 0. The molecular formula is C6H12O2Te. The van der Waals surface area contributed by atoms with Crippen molar-refractivity contribution in [2.75, 3.05) is 13.2 Å². The Kier molecular flexibility index (Phi) is 1.71. The summed E-state index contributed by atoms with van der Waals surface area (Å²) >= 11 is -1.97. The van der Waals surface area contributed by atoms with Crippen LogP contribution in [0.4, 0.5) is 0 Å². The van der Waals surface area contributed by atoms with Gasteiger partial charge >= 0.3 is 60.2 Å². The Morgan fingerprint density at radius 3 is 1.78 bits per heavy atom. The van der Waals surface area contributed by atoms with Gasteiger partial charge < -0.3 is 0 Å². The van der Waals surface area contributed by atoms with Crippen LogP contribution in [-0.2, 0) is 6.20 Å². The van der Waals surface area contributed by atoms with Gasteiger partial charge in [-0.3, -0.25) is 0 Å². The minimum atomic E-state index is -1.97. The molecule has 0 aromatic rings. The molecule has 3 heteroatoms. The van der Waals surface area contributed by atoms with E-state index in [0.717, 1.165) is 13.2 Å². The maximum absolute atomic E-state index is 5.67. The van der Waals surface area contributed by atoms with Gasteiger partial charge in [0.05, 0.1) is 0 Å². The quantitative estimate of drug-likeness (QED) is 0.597. The van der Waals surface area contributed by atoms with Gasteiger partial charge in [0.2, 0.25) is 0 Å². The molecule has 2 fully saturated rings. The van der Waals surface area contributed by atoms with Gasteiger partial charge in [0, 0.05) is 0 Å². The summed E-state index contributed by atoms with van der Waals surface area (Å²) in [5, 5.41) is 0. The minimum absolute atomic E-state index is 0.987. The fourth-order valence-electron chi connectivity index (χ4n) is 1.35. The second-order valence-electron chi connectivity index (χ2n) is 2.50. The van der Waals surface area contributed by atoms with Gasteiger partial charge in [-0.1, -0.05) is 0 Å². The van der Waals surface area contributed by atoms with Gasteiger partial charge in [-0.2, -0.15) is 0 Å². The van der Waals surface area contributed by atoms with Crippen molar-refractivity contribution >= 4 is 19.0 Å². The van der Waals surface area contributed by atoms with Gasteiger partial charge in [-0.15, -0.1) is 0 Å². The predicted molar refractivity (Wildman–Crippen MR) is 36.5 cm³/mol. The average molecular weight is 244 g/mol. The molecular weight excluding hydrogens is 232 g/mol. The number of hydrogen-bond acceptors (Lipinski definition) is 2. The van der Waals surface area contributed by atoms with Crippen LogP contribution >= 0.6 is 0 Å². The van der Waals surface area contributed by atoms with Crippen LogP contribution in [0.15, 0.2) is 0 Å². The van der Waals surface area contributed by atoms with E-state index in [1.807, 2.05) is 0 Å². The van der Waals surface area contributed by atoms with E-state index in [4.69, 9.17) is 6.20 Å². The number of rotatable bonds is 0. The van der Waals surface area contributed by atoms with Gasteiger partial charge in [0.15, 0.2) is 0 Å². The van der Waals surface area contributed by atoms with Crippen molar-refractivity contribution in [2.45, 2.75) is 21.8 Å². The molecule has 0 unspecified atom stereocenters. The van der Waals surface area contributed by atoms with Crippen molar-refractivity contribution in [2.24, 2.45) is 0 Å². The van der Waals surface area contributed by atoms with E-state index in [1.54, 1.807) is 0 Å². The van der Waals surface area contributed by atoms with Crippen LogP contribution in [0, 0.1) is 0 Å². The van der Waals surface area contributed by atoms with E-state index in [0.29, 0.717) is 0 Å². The molecule has 0 radical (unpaired) electrons. The van der Waals surface area contributed by atoms with Crippen molar-refractivity contribution in [1.29, 1.82) is 0 Å². The Morgan fingerprint density at radius 2 is 1.44 bits per heavy atom. The zero-order valence-electron chi connectivity index (χ0n) is 5.47. The molecule has 0 atom stereocenters. The summed E-state index contributed by atoms with van der Waals surface area (Å²) in [4.78, 5) is 0. The second kappa shape index (κ2) is 2.39. The molecule has 9 heavy (non-hydrogen) atoms.